The molecule has 6 nitrogen and oxygen atoms in total. The van der Waals surface area contributed by atoms with Crippen molar-refractivity contribution in [1.82, 2.24) is 5.32 Å². The highest BCUT2D eigenvalue weighted by atomic mass is 16.5. The van der Waals surface area contributed by atoms with Crippen LogP contribution in [0.1, 0.15) is 6.92 Å². The van der Waals surface area contributed by atoms with Gasteiger partial charge in [-0.3, -0.25) is 4.79 Å². The summed E-state index contributed by atoms with van der Waals surface area (Å²) in [5.74, 6) is -0.734. The van der Waals surface area contributed by atoms with Crippen LogP contribution in [0.25, 0.3) is 0 Å². The first kappa shape index (κ1) is 13.8. The standard InChI is InChI=1S/C12H16N2O4/c1-8(15)14-11(12(16)17)7-13-9-3-5-10(18-2)6-4-9/h3-6,11,13H,7H2,1-2H3,(H,14,15)(H,16,17). The van der Waals surface area contributed by atoms with Gasteiger partial charge >= 0.3 is 5.97 Å². The zero-order chi connectivity index (χ0) is 13.5. The van der Waals surface area contributed by atoms with E-state index in [4.69, 9.17) is 9.84 Å². The number of rotatable bonds is 6. The third-order valence-electron chi connectivity index (χ3n) is 2.28. The van der Waals surface area contributed by atoms with Crippen LogP contribution in [0.4, 0.5) is 5.69 Å². The molecule has 1 rings (SSSR count). The van der Waals surface area contributed by atoms with E-state index in [1.807, 2.05) is 0 Å². The lowest BCUT2D eigenvalue weighted by atomic mass is 10.2. The van der Waals surface area contributed by atoms with Crippen molar-refractivity contribution in [3.05, 3.63) is 24.3 Å². The Morgan fingerprint density at radius 1 is 1.33 bits per heavy atom. The van der Waals surface area contributed by atoms with Crippen LogP contribution < -0.4 is 15.4 Å². The van der Waals surface area contributed by atoms with E-state index in [9.17, 15) is 9.59 Å². The summed E-state index contributed by atoms with van der Waals surface area (Å²) in [6.07, 6.45) is 0. The molecule has 0 aliphatic heterocycles. The van der Waals surface area contributed by atoms with Gasteiger partial charge in [0.05, 0.1) is 7.11 Å². The Kier molecular flexibility index (Phi) is 4.98. The summed E-state index contributed by atoms with van der Waals surface area (Å²) in [7, 11) is 1.57. The van der Waals surface area contributed by atoms with Gasteiger partial charge in [0.15, 0.2) is 0 Å². The van der Waals surface area contributed by atoms with Crippen LogP contribution in [-0.4, -0.2) is 36.7 Å². The minimum Gasteiger partial charge on any atom is -0.497 e. The van der Waals surface area contributed by atoms with Crippen LogP contribution in [-0.2, 0) is 9.59 Å². The zero-order valence-corrected chi connectivity index (χ0v) is 10.3. The van der Waals surface area contributed by atoms with Crippen molar-refractivity contribution in [3.63, 3.8) is 0 Å². The molecule has 98 valence electrons. The number of amides is 1. The van der Waals surface area contributed by atoms with Crippen LogP contribution in [0.15, 0.2) is 24.3 Å². The minimum atomic E-state index is -1.08. The number of hydrogen-bond donors (Lipinski definition) is 3. The summed E-state index contributed by atoms with van der Waals surface area (Å²) in [5.41, 5.74) is 0.757. The first-order chi connectivity index (χ1) is 8.52. The summed E-state index contributed by atoms with van der Waals surface area (Å²) >= 11 is 0. The fourth-order valence-corrected chi connectivity index (χ4v) is 1.37. The van der Waals surface area contributed by atoms with Crippen molar-refractivity contribution in [2.24, 2.45) is 0 Å². The molecule has 0 spiro atoms. The Bertz CT molecular complexity index is 417. The molecule has 0 aliphatic rings. The lowest BCUT2D eigenvalue weighted by molar-refractivity contribution is -0.141. The highest BCUT2D eigenvalue weighted by Gasteiger charge is 2.17. The first-order valence-corrected chi connectivity index (χ1v) is 5.40. The fourth-order valence-electron chi connectivity index (χ4n) is 1.37. The third-order valence-corrected chi connectivity index (χ3v) is 2.28. The molecule has 18 heavy (non-hydrogen) atoms. The van der Waals surface area contributed by atoms with Crippen molar-refractivity contribution in [2.45, 2.75) is 13.0 Å². The number of carbonyl (C=O) groups is 2. The van der Waals surface area contributed by atoms with E-state index in [-0.39, 0.29) is 12.5 Å². The highest BCUT2D eigenvalue weighted by molar-refractivity contribution is 5.82. The number of hydrogen-bond acceptors (Lipinski definition) is 4. The highest BCUT2D eigenvalue weighted by Crippen LogP contribution is 2.14. The molecule has 1 unspecified atom stereocenters. The Morgan fingerprint density at radius 3 is 2.39 bits per heavy atom. The lowest BCUT2D eigenvalue weighted by Crippen LogP contribution is -2.44. The van der Waals surface area contributed by atoms with Gasteiger partial charge in [0, 0.05) is 19.2 Å². The maximum atomic E-state index is 10.9. The number of carboxylic acids is 1. The van der Waals surface area contributed by atoms with Gasteiger partial charge in [0.2, 0.25) is 5.91 Å². The molecule has 1 aromatic rings. The maximum Gasteiger partial charge on any atom is 0.328 e. The molecule has 0 bridgehead atoms. The second-order valence-corrected chi connectivity index (χ2v) is 3.70. The second kappa shape index (κ2) is 6.48. The normalized spacial score (nSPS) is 11.4. The number of carbonyl (C=O) groups excluding carboxylic acids is 1. The molecule has 0 fully saturated rings. The van der Waals surface area contributed by atoms with Gasteiger partial charge in [-0.15, -0.1) is 0 Å². The van der Waals surface area contributed by atoms with Gasteiger partial charge in [-0.25, -0.2) is 4.79 Å². The molecule has 1 aromatic carbocycles. The summed E-state index contributed by atoms with van der Waals surface area (Å²) in [6, 6.07) is 6.11. The Hall–Kier alpha value is -2.24. The SMILES string of the molecule is COc1ccc(NCC(NC(C)=O)C(=O)O)cc1. The molecule has 0 aromatic heterocycles. The molecule has 0 radical (unpaired) electrons. The van der Waals surface area contributed by atoms with Crippen molar-refractivity contribution in [3.8, 4) is 5.75 Å². The fraction of sp³-hybridized carbons (Fsp3) is 0.333. The molecular formula is C12H16N2O4. The molecular weight excluding hydrogens is 236 g/mol. The van der Waals surface area contributed by atoms with Crippen LogP contribution >= 0.6 is 0 Å². The summed E-state index contributed by atoms with van der Waals surface area (Å²) < 4.78 is 5.01. The van der Waals surface area contributed by atoms with E-state index in [0.29, 0.717) is 0 Å². The minimum absolute atomic E-state index is 0.112. The molecule has 1 amide bonds. The number of anilines is 1. The molecule has 3 N–H and O–H groups in total. The number of ether oxygens (including phenoxy) is 1. The quantitative estimate of drug-likeness (QED) is 0.693. The van der Waals surface area contributed by atoms with E-state index in [0.717, 1.165) is 11.4 Å². The van der Waals surface area contributed by atoms with Crippen LogP contribution in [0.3, 0.4) is 0 Å². The monoisotopic (exact) mass is 252 g/mol. The van der Waals surface area contributed by atoms with Crippen molar-refractivity contribution >= 4 is 17.6 Å². The molecule has 0 saturated heterocycles. The van der Waals surface area contributed by atoms with Crippen LogP contribution in [0, 0.1) is 0 Å². The summed E-state index contributed by atoms with van der Waals surface area (Å²) in [4.78, 5) is 21.7. The van der Waals surface area contributed by atoms with Gasteiger partial charge in [-0.2, -0.15) is 0 Å². The average Bonchev–Trinajstić information content (AvgIpc) is 2.34. The predicted molar refractivity (Wildman–Crippen MR) is 66.7 cm³/mol. The number of methoxy groups -OCH3 is 1. The van der Waals surface area contributed by atoms with Gasteiger partial charge < -0.3 is 20.5 Å². The Labute approximate surface area is 105 Å². The van der Waals surface area contributed by atoms with Crippen LogP contribution in [0.2, 0.25) is 0 Å². The first-order valence-electron chi connectivity index (χ1n) is 5.40. The van der Waals surface area contributed by atoms with Crippen LogP contribution in [0.5, 0.6) is 5.75 Å². The number of carboxylic acid groups (broad SMARTS) is 1. The second-order valence-electron chi connectivity index (χ2n) is 3.70. The average molecular weight is 252 g/mol. The number of aliphatic carboxylic acids is 1. The van der Waals surface area contributed by atoms with E-state index in [2.05, 4.69) is 10.6 Å². The van der Waals surface area contributed by atoms with Crippen molar-refractivity contribution in [1.29, 1.82) is 0 Å². The zero-order valence-electron chi connectivity index (χ0n) is 10.3. The Balaban J connectivity index is 2.55. The maximum absolute atomic E-state index is 10.9. The van der Waals surface area contributed by atoms with E-state index in [1.165, 1.54) is 6.92 Å². The van der Waals surface area contributed by atoms with Crippen molar-refractivity contribution < 1.29 is 19.4 Å². The topological polar surface area (TPSA) is 87.7 Å². The third kappa shape index (κ3) is 4.32. The van der Waals surface area contributed by atoms with Crippen molar-refractivity contribution in [2.75, 3.05) is 19.0 Å². The number of benzene rings is 1. The Morgan fingerprint density at radius 2 is 1.94 bits per heavy atom. The van der Waals surface area contributed by atoms with Gasteiger partial charge in [0.1, 0.15) is 11.8 Å². The lowest BCUT2D eigenvalue weighted by Gasteiger charge is -2.15. The summed E-state index contributed by atoms with van der Waals surface area (Å²) in [6.45, 7) is 1.39. The van der Waals surface area contributed by atoms with Gasteiger partial charge in [-0.05, 0) is 24.3 Å². The smallest absolute Gasteiger partial charge is 0.328 e. The molecule has 0 aliphatic carbocycles. The van der Waals surface area contributed by atoms with E-state index in [1.54, 1.807) is 31.4 Å². The molecule has 6 heteroatoms. The molecule has 0 saturated carbocycles. The van der Waals surface area contributed by atoms with Gasteiger partial charge in [0.25, 0.3) is 0 Å². The van der Waals surface area contributed by atoms with E-state index < -0.39 is 12.0 Å². The molecule has 0 heterocycles. The molecule has 1 atom stereocenters. The number of nitrogens with one attached hydrogen (secondary N) is 2. The predicted octanol–water partition coefficient (Wildman–Crippen LogP) is 0.696. The van der Waals surface area contributed by atoms with Gasteiger partial charge in [-0.1, -0.05) is 0 Å². The van der Waals surface area contributed by atoms with E-state index >= 15 is 0 Å². The largest absolute Gasteiger partial charge is 0.497 e. The summed E-state index contributed by atoms with van der Waals surface area (Å²) in [5, 5.41) is 14.2.